The third-order valence-corrected chi connectivity index (χ3v) is 7.70. The smallest absolute Gasteiger partial charge is 0.469 e. The lowest BCUT2D eigenvalue weighted by Crippen LogP contribution is -2.51. The van der Waals surface area contributed by atoms with Gasteiger partial charge >= 0.3 is 18.9 Å². The Bertz CT molecular complexity index is 1360. The summed E-state index contributed by atoms with van der Waals surface area (Å²) < 4.78 is 43.9. The molecule has 0 aliphatic carbocycles. The van der Waals surface area contributed by atoms with Gasteiger partial charge in [-0.1, -0.05) is 41.9 Å². The first-order valence-electron chi connectivity index (χ1n) is 11.4. The third-order valence-electron chi connectivity index (χ3n) is 6.77. The molecule has 0 bridgehead atoms. The summed E-state index contributed by atoms with van der Waals surface area (Å²) in [6.07, 6.45) is 0.324. The van der Waals surface area contributed by atoms with Crippen molar-refractivity contribution in [2.45, 2.75) is 39.5 Å². The van der Waals surface area contributed by atoms with Gasteiger partial charge in [-0.2, -0.15) is 0 Å². The number of carbonyl (C=O) groups excluding carboxylic acids is 2. The van der Waals surface area contributed by atoms with Gasteiger partial charge in [0.1, 0.15) is 0 Å². The third kappa shape index (κ3) is 4.08. The molecule has 0 fully saturated rings. The molecule has 0 radical (unpaired) electrons. The molecule has 11 heteroatoms. The van der Waals surface area contributed by atoms with Gasteiger partial charge < -0.3 is 27.1 Å². The van der Waals surface area contributed by atoms with E-state index in [2.05, 4.69) is 0 Å². The van der Waals surface area contributed by atoms with Gasteiger partial charge in [0.25, 0.3) is 0 Å². The molecule has 6 nitrogen and oxygen atoms in total. The van der Waals surface area contributed by atoms with Crippen LogP contribution < -0.4 is 0 Å². The minimum absolute atomic E-state index is 0.00131. The summed E-state index contributed by atoms with van der Waals surface area (Å²) in [5.41, 5.74) is 3.64. The van der Waals surface area contributed by atoms with Crippen molar-refractivity contribution < 1.29 is 32.2 Å². The first-order valence-corrected chi connectivity index (χ1v) is 12.2. The first kappa shape index (κ1) is 26.2. The molecular formula is C25H25BCl2F2N2O4. The van der Waals surface area contributed by atoms with Gasteiger partial charge in [-0.05, 0) is 55.0 Å². The maximum Gasteiger partial charge on any atom is 0.739 e. The molecule has 2 aliphatic rings. The lowest BCUT2D eigenvalue weighted by molar-refractivity contribution is -0.360. The van der Waals surface area contributed by atoms with Crippen molar-refractivity contribution in [2.75, 3.05) is 14.2 Å². The number of aromatic nitrogens is 1. The van der Waals surface area contributed by atoms with Gasteiger partial charge in [-0.25, -0.2) is 0 Å². The fourth-order valence-corrected chi connectivity index (χ4v) is 5.59. The molecule has 1 aromatic carbocycles. The second-order valence-corrected chi connectivity index (χ2v) is 9.42. The Morgan fingerprint density at radius 2 is 1.58 bits per heavy atom. The number of ether oxygens (including phenoxy) is 2. The van der Waals surface area contributed by atoms with Crippen LogP contribution in [0.15, 0.2) is 47.2 Å². The van der Waals surface area contributed by atoms with Crippen LogP contribution in [0.5, 0.6) is 0 Å². The van der Waals surface area contributed by atoms with Gasteiger partial charge in [0, 0.05) is 29.7 Å². The quantitative estimate of drug-likeness (QED) is 0.347. The molecule has 190 valence electrons. The molecule has 0 spiro atoms. The molecule has 1 aromatic heterocycles. The number of benzene rings is 1. The lowest BCUT2D eigenvalue weighted by atomic mass is 9.82. The van der Waals surface area contributed by atoms with Gasteiger partial charge in [0.15, 0.2) is 5.70 Å². The Hall–Kier alpha value is -2.91. The molecule has 2 aromatic rings. The molecule has 0 unspecified atom stereocenters. The summed E-state index contributed by atoms with van der Waals surface area (Å²) in [4.78, 5) is 23.9. The van der Waals surface area contributed by atoms with E-state index in [9.17, 15) is 9.59 Å². The molecule has 0 saturated heterocycles. The van der Waals surface area contributed by atoms with Crippen LogP contribution in [0, 0.1) is 6.92 Å². The molecule has 3 heterocycles. The number of halogens is 4. The zero-order chi connectivity index (χ0) is 26.4. The molecule has 4 rings (SSSR count). The zero-order valence-corrected chi connectivity index (χ0v) is 21.8. The number of hydrogen-bond donors (Lipinski definition) is 0. The first-order chi connectivity index (χ1) is 17.1. The van der Waals surface area contributed by atoms with Crippen LogP contribution in [-0.4, -0.2) is 47.3 Å². The highest BCUT2D eigenvalue weighted by Gasteiger charge is 2.58. The fraction of sp³-hybridized carbons (Fsp3) is 0.320. The van der Waals surface area contributed by atoms with E-state index in [-0.39, 0.29) is 47.4 Å². The standard InChI is InChI=1S/C25H25BCl2F2N2O4/c1-14-17(10-12-19(33)35-3)22-21(16-8-6-5-7-9-16)23-18(11-13-20(34)36-4)15(2)25(28)32(23)26(29,30)31(22)24(14)27/h5-9H,10-13H2,1-4H3. The second-order valence-electron chi connectivity index (χ2n) is 8.71. The van der Waals surface area contributed by atoms with Crippen LogP contribution in [0.25, 0.3) is 5.57 Å². The number of methoxy groups -OCH3 is 2. The maximum atomic E-state index is 16.3. The molecule has 0 amide bonds. The van der Waals surface area contributed by atoms with E-state index in [0.717, 1.165) is 8.96 Å². The predicted octanol–water partition coefficient (Wildman–Crippen LogP) is 5.48. The summed E-state index contributed by atoms with van der Waals surface area (Å²) >= 11 is 13.1. The van der Waals surface area contributed by atoms with Crippen LogP contribution in [-0.2, 0) is 25.5 Å². The maximum absolute atomic E-state index is 16.3. The van der Waals surface area contributed by atoms with Crippen molar-refractivity contribution in [3.63, 3.8) is 0 Å². The van der Waals surface area contributed by atoms with Gasteiger partial charge in [0.05, 0.1) is 24.9 Å². The van der Waals surface area contributed by atoms with Crippen molar-refractivity contribution in [3.05, 3.63) is 74.7 Å². The lowest BCUT2D eigenvalue weighted by Gasteiger charge is -2.33. The number of allylic oxidation sites excluding steroid dienone is 2. The number of rotatable bonds is 7. The van der Waals surface area contributed by atoms with Crippen LogP contribution in [0.2, 0.25) is 5.15 Å². The summed E-state index contributed by atoms with van der Waals surface area (Å²) in [6.45, 7) is -1.17. The van der Waals surface area contributed by atoms with E-state index in [0.29, 0.717) is 33.4 Å². The van der Waals surface area contributed by atoms with Crippen molar-refractivity contribution >= 4 is 52.9 Å². The minimum atomic E-state index is -4.50. The molecular weight excluding hydrogens is 512 g/mol. The van der Waals surface area contributed by atoms with Crippen molar-refractivity contribution in [1.82, 2.24) is 4.48 Å². The largest absolute Gasteiger partial charge is 0.739 e. The Labute approximate surface area is 217 Å². The molecule has 0 N–H and O–H groups in total. The molecule has 0 atom stereocenters. The predicted molar refractivity (Wildman–Crippen MR) is 135 cm³/mol. The summed E-state index contributed by atoms with van der Waals surface area (Å²) in [6, 6.07) is 9.09. The Morgan fingerprint density at radius 1 is 1.00 bits per heavy atom. The average Bonchev–Trinajstić information content (AvgIpc) is 3.27. The summed E-state index contributed by atoms with van der Waals surface area (Å²) in [5.74, 6) is -0.915. The molecule has 36 heavy (non-hydrogen) atoms. The fourth-order valence-electron chi connectivity index (χ4n) is 4.95. The van der Waals surface area contributed by atoms with E-state index in [1.165, 1.54) is 14.2 Å². The van der Waals surface area contributed by atoms with Crippen LogP contribution in [0.4, 0.5) is 8.63 Å². The normalized spacial score (nSPS) is 16.3. The average molecular weight is 537 g/mol. The Morgan fingerprint density at radius 3 is 2.17 bits per heavy atom. The minimum Gasteiger partial charge on any atom is -0.469 e. The highest BCUT2D eigenvalue weighted by Crippen LogP contribution is 2.49. The monoisotopic (exact) mass is 536 g/mol. The highest BCUT2D eigenvalue weighted by atomic mass is 35.5. The van der Waals surface area contributed by atoms with Gasteiger partial charge in [-0.15, -0.1) is 0 Å². The topological polar surface area (TPSA) is 60.5 Å². The number of carbonyl (C=O) groups is 2. The highest BCUT2D eigenvalue weighted by molar-refractivity contribution is 6.72. The van der Waals surface area contributed by atoms with Gasteiger partial charge in [0.2, 0.25) is 5.17 Å². The SMILES string of the molecule is COC(=O)CCC1=C(C)C(Cl)=[N+]2C1=C(c1ccccc1)c1c(CCC(=O)OC)c(C)c(Cl)n1[B-]2(F)F. The molecule has 0 saturated carbocycles. The van der Waals surface area contributed by atoms with E-state index < -0.39 is 18.9 Å². The van der Waals surface area contributed by atoms with Crippen molar-refractivity contribution in [1.29, 1.82) is 0 Å². The molecule has 2 aliphatic heterocycles. The number of fused-ring (bicyclic) bond motifs is 2. The second kappa shape index (κ2) is 9.86. The van der Waals surface area contributed by atoms with Crippen LogP contribution in [0.3, 0.4) is 0 Å². The van der Waals surface area contributed by atoms with E-state index in [1.54, 1.807) is 13.8 Å². The van der Waals surface area contributed by atoms with E-state index >= 15 is 8.63 Å². The van der Waals surface area contributed by atoms with Crippen LogP contribution >= 0.6 is 23.2 Å². The summed E-state index contributed by atoms with van der Waals surface area (Å²) in [5, 5.41) is -0.236. The van der Waals surface area contributed by atoms with Crippen molar-refractivity contribution in [2.24, 2.45) is 0 Å². The van der Waals surface area contributed by atoms with Gasteiger partial charge in [-0.3, -0.25) is 9.59 Å². The summed E-state index contributed by atoms with van der Waals surface area (Å²) in [7, 11) is 2.56. The number of nitrogens with zero attached hydrogens (tertiary/aromatic N) is 2. The zero-order valence-electron chi connectivity index (χ0n) is 20.3. The van der Waals surface area contributed by atoms with E-state index in [4.69, 9.17) is 32.7 Å². The Balaban J connectivity index is 2.07. The number of hydrogen-bond acceptors (Lipinski definition) is 4. The van der Waals surface area contributed by atoms with Crippen molar-refractivity contribution in [3.8, 4) is 0 Å². The number of esters is 2. The van der Waals surface area contributed by atoms with E-state index in [1.807, 2.05) is 30.3 Å². The van der Waals surface area contributed by atoms with Crippen LogP contribution in [0.1, 0.15) is 48.6 Å². The Kier molecular flexibility index (Phi) is 7.17.